The molecule has 27 heavy (non-hydrogen) atoms. The molecule has 1 saturated heterocycles. The van der Waals surface area contributed by atoms with Crippen LogP contribution < -0.4 is 10.2 Å². The summed E-state index contributed by atoms with van der Waals surface area (Å²) >= 11 is 0. The Kier molecular flexibility index (Phi) is 5.89. The van der Waals surface area contributed by atoms with Gasteiger partial charge >= 0.3 is 6.03 Å². The molecule has 2 amide bonds. The summed E-state index contributed by atoms with van der Waals surface area (Å²) in [4.78, 5) is 22.8. The monoisotopic (exact) mass is 364 g/mol. The highest BCUT2D eigenvalue weighted by Crippen LogP contribution is 2.15. The van der Waals surface area contributed by atoms with Crippen LogP contribution in [0, 0.1) is 11.3 Å². The van der Waals surface area contributed by atoms with E-state index in [9.17, 15) is 4.79 Å². The molecule has 0 spiro atoms. The maximum Gasteiger partial charge on any atom is 0.321 e. The summed E-state index contributed by atoms with van der Waals surface area (Å²) in [5.41, 5.74) is 2.60. The van der Waals surface area contributed by atoms with Crippen molar-refractivity contribution in [2.75, 3.05) is 50.5 Å². The largest absolute Gasteiger partial charge is 0.363 e. The van der Waals surface area contributed by atoms with Crippen molar-refractivity contribution in [2.24, 2.45) is 0 Å². The molecule has 0 bridgehead atoms. The number of hydrogen-bond acceptors (Lipinski definition) is 5. The summed E-state index contributed by atoms with van der Waals surface area (Å²) in [6.07, 6.45) is 1.69. The van der Waals surface area contributed by atoms with E-state index in [-0.39, 0.29) is 6.03 Å². The average molecular weight is 364 g/mol. The van der Waals surface area contributed by atoms with Crippen LogP contribution in [0.4, 0.5) is 16.3 Å². The highest BCUT2D eigenvalue weighted by atomic mass is 16.2. The van der Waals surface area contributed by atoms with E-state index in [1.165, 1.54) is 5.56 Å². The van der Waals surface area contributed by atoms with E-state index in [0.717, 1.165) is 31.1 Å². The van der Waals surface area contributed by atoms with Crippen molar-refractivity contribution in [1.82, 2.24) is 14.8 Å². The molecule has 2 aromatic rings. The molecule has 1 aliphatic heterocycles. The highest BCUT2D eigenvalue weighted by molar-refractivity contribution is 5.89. The second kappa shape index (κ2) is 8.52. The minimum Gasteiger partial charge on any atom is -0.363 e. The van der Waals surface area contributed by atoms with Crippen LogP contribution in [0.3, 0.4) is 0 Å². The molecule has 2 heterocycles. The fourth-order valence-electron chi connectivity index (χ4n) is 3.00. The number of urea groups is 1. The van der Waals surface area contributed by atoms with E-state index in [1.54, 1.807) is 12.3 Å². The van der Waals surface area contributed by atoms with Gasteiger partial charge in [-0.15, -0.1) is 0 Å². The molecule has 0 radical (unpaired) electrons. The average Bonchev–Trinajstić information content (AvgIpc) is 2.69. The molecule has 1 aromatic heterocycles. The molecule has 140 valence electrons. The number of nitrogens with zero attached hydrogens (tertiary/aromatic N) is 5. The summed E-state index contributed by atoms with van der Waals surface area (Å²) in [5, 5.41) is 11.8. The van der Waals surface area contributed by atoms with Crippen LogP contribution in [0.5, 0.6) is 0 Å². The van der Waals surface area contributed by atoms with Gasteiger partial charge in [0.05, 0.1) is 11.6 Å². The lowest BCUT2D eigenvalue weighted by Gasteiger charge is -2.34. The molecule has 7 nitrogen and oxygen atoms in total. The first-order chi connectivity index (χ1) is 13.0. The SMILES string of the molecule is CN(C)c1cc(NC(=O)N2CCN(Cc3ccc(C#N)cc3)CC2)ccn1. The molecule has 0 atom stereocenters. The smallest absolute Gasteiger partial charge is 0.321 e. The number of hydrogen-bond donors (Lipinski definition) is 1. The van der Waals surface area contributed by atoms with Crippen LogP contribution in [0.2, 0.25) is 0 Å². The van der Waals surface area contributed by atoms with Crippen LogP contribution in [0.1, 0.15) is 11.1 Å². The molecular weight excluding hydrogens is 340 g/mol. The van der Waals surface area contributed by atoms with Crippen molar-refractivity contribution in [3.63, 3.8) is 0 Å². The Morgan fingerprint density at radius 2 is 1.89 bits per heavy atom. The molecule has 1 aliphatic rings. The molecular formula is C20H24N6O. The molecule has 0 saturated carbocycles. The molecule has 1 aromatic carbocycles. The Morgan fingerprint density at radius 3 is 2.52 bits per heavy atom. The molecule has 3 rings (SSSR count). The first-order valence-electron chi connectivity index (χ1n) is 8.96. The summed E-state index contributed by atoms with van der Waals surface area (Å²) in [7, 11) is 3.84. The zero-order valence-electron chi connectivity index (χ0n) is 15.7. The third-order valence-electron chi connectivity index (χ3n) is 4.60. The van der Waals surface area contributed by atoms with Gasteiger partial charge in [0.1, 0.15) is 5.82 Å². The normalized spacial score (nSPS) is 14.5. The Balaban J connectivity index is 1.50. The van der Waals surface area contributed by atoms with E-state index in [4.69, 9.17) is 5.26 Å². The van der Waals surface area contributed by atoms with Gasteiger partial charge in [0.15, 0.2) is 0 Å². The highest BCUT2D eigenvalue weighted by Gasteiger charge is 2.21. The standard InChI is InChI=1S/C20H24N6O/c1-24(2)19-13-18(7-8-22-19)23-20(27)26-11-9-25(10-12-26)15-17-5-3-16(14-21)4-6-17/h3-8,13H,9-12,15H2,1-2H3,(H,22,23,27). The Labute approximate surface area is 159 Å². The van der Waals surface area contributed by atoms with Crippen LogP contribution in [0.25, 0.3) is 0 Å². The first kappa shape index (κ1) is 18.7. The molecule has 0 aliphatic carbocycles. The number of nitriles is 1. The lowest BCUT2D eigenvalue weighted by molar-refractivity contribution is 0.143. The Morgan fingerprint density at radius 1 is 1.19 bits per heavy atom. The third-order valence-corrected chi connectivity index (χ3v) is 4.60. The van der Waals surface area contributed by atoms with Crippen molar-refractivity contribution in [3.05, 3.63) is 53.7 Å². The van der Waals surface area contributed by atoms with E-state index in [2.05, 4.69) is 21.3 Å². The summed E-state index contributed by atoms with van der Waals surface area (Å²) in [5.74, 6) is 0.806. The predicted octanol–water partition coefficient (Wildman–Crippen LogP) is 2.37. The van der Waals surface area contributed by atoms with E-state index in [1.807, 2.05) is 54.2 Å². The maximum absolute atomic E-state index is 12.5. The number of pyridine rings is 1. The lowest BCUT2D eigenvalue weighted by atomic mass is 10.1. The van der Waals surface area contributed by atoms with Crippen molar-refractivity contribution in [3.8, 4) is 6.07 Å². The Hall–Kier alpha value is -3.11. The van der Waals surface area contributed by atoms with Gasteiger partial charge in [0.2, 0.25) is 0 Å². The molecule has 1 N–H and O–H groups in total. The second-order valence-electron chi connectivity index (χ2n) is 6.80. The second-order valence-corrected chi connectivity index (χ2v) is 6.80. The van der Waals surface area contributed by atoms with Crippen LogP contribution in [-0.4, -0.2) is 61.1 Å². The van der Waals surface area contributed by atoms with Gasteiger partial charge in [0, 0.05) is 64.8 Å². The van der Waals surface area contributed by atoms with E-state index < -0.39 is 0 Å². The fraction of sp³-hybridized carbons (Fsp3) is 0.350. The van der Waals surface area contributed by atoms with Gasteiger partial charge in [-0.1, -0.05) is 12.1 Å². The number of amides is 2. The van der Waals surface area contributed by atoms with Gasteiger partial charge in [-0.3, -0.25) is 4.90 Å². The topological polar surface area (TPSA) is 75.5 Å². The Bertz CT molecular complexity index is 819. The van der Waals surface area contributed by atoms with E-state index >= 15 is 0 Å². The van der Waals surface area contributed by atoms with Gasteiger partial charge < -0.3 is 15.1 Å². The van der Waals surface area contributed by atoms with Crippen molar-refractivity contribution in [1.29, 1.82) is 5.26 Å². The summed E-state index contributed by atoms with van der Waals surface area (Å²) < 4.78 is 0. The lowest BCUT2D eigenvalue weighted by Crippen LogP contribution is -2.49. The molecule has 7 heteroatoms. The van der Waals surface area contributed by atoms with Crippen molar-refractivity contribution < 1.29 is 4.79 Å². The number of nitrogens with one attached hydrogen (secondary N) is 1. The van der Waals surface area contributed by atoms with Gasteiger partial charge in [0.25, 0.3) is 0 Å². The summed E-state index contributed by atoms with van der Waals surface area (Å²) in [6, 6.07) is 13.4. The fourth-order valence-corrected chi connectivity index (χ4v) is 3.00. The van der Waals surface area contributed by atoms with Crippen LogP contribution in [-0.2, 0) is 6.54 Å². The quantitative estimate of drug-likeness (QED) is 0.901. The first-order valence-corrected chi connectivity index (χ1v) is 8.96. The van der Waals surface area contributed by atoms with Crippen molar-refractivity contribution in [2.45, 2.75) is 6.54 Å². The number of carbonyl (C=O) groups is 1. The van der Waals surface area contributed by atoms with Crippen molar-refractivity contribution >= 4 is 17.5 Å². The van der Waals surface area contributed by atoms with E-state index in [0.29, 0.717) is 18.7 Å². The maximum atomic E-state index is 12.5. The van der Waals surface area contributed by atoms with Gasteiger partial charge in [-0.05, 0) is 23.8 Å². The minimum absolute atomic E-state index is 0.0797. The zero-order chi connectivity index (χ0) is 19.2. The van der Waals surface area contributed by atoms with Crippen LogP contribution >= 0.6 is 0 Å². The predicted molar refractivity (Wildman–Crippen MR) is 106 cm³/mol. The number of piperazine rings is 1. The van der Waals surface area contributed by atoms with Gasteiger partial charge in [-0.25, -0.2) is 9.78 Å². The number of carbonyl (C=O) groups excluding carboxylic acids is 1. The number of benzene rings is 1. The summed E-state index contributed by atoms with van der Waals surface area (Å²) in [6.45, 7) is 3.86. The number of aromatic nitrogens is 1. The van der Waals surface area contributed by atoms with Crippen LogP contribution in [0.15, 0.2) is 42.6 Å². The third kappa shape index (κ3) is 4.96. The molecule has 0 unspecified atom stereocenters. The zero-order valence-corrected chi connectivity index (χ0v) is 15.7. The minimum atomic E-state index is -0.0797. The molecule has 1 fully saturated rings. The van der Waals surface area contributed by atoms with Gasteiger partial charge in [-0.2, -0.15) is 5.26 Å². The number of rotatable bonds is 4. The number of anilines is 2.